The van der Waals surface area contributed by atoms with Gasteiger partial charge in [-0.25, -0.2) is 4.79 Å². The summed E-state index contributed by atoms with van der Waals surface area (Å²) in [4.78, 5) is 34.3. The van der Waals surface area contributed by atoms with Crippen LogP contribution in [-0.2, 0) is 11.3 Å². The number of halogens is 1. The highest BCUT2D eigenvalue weighted by molar-refractivity contribution is 6.31. The van der Waals surface area contributed by atoms with Gasteiger partial charge in [-0.1, -0.05) is 11.6 Å². The SMILES string of the molecule is COC(=O)c1cc([N+](=O)[O-])ccc1N(C)Cc1cc([N+](=O)[O-])ccc1Cl. The third-order valence-electron chi connectivity index (χ3n) is 3.66. The molecular formula is C16H14ClN3O6. The van der Waals surface area contributed by atoms with Crippen LogP contribution < -0.4 is 4.90 Å². The number of carbonyl (C=O) groups excluding carboxylic acids is 1. The van der Waals surface area contributed by atoms with E-state index in [1.165, 1.54) is 37.4 Å². The molecule has 0 spiro atoms. The summed E-state index contributed by atoms with van der Waals surface area (Å²) < 4.78 is 4.68. The number of hydrogen-bond acceptors (Lipinski definition) is 7. The number of methoxy groups -OCH3 is 1. The van der Waals surface area contributed by atoms with Crippen LogP contribution in [0.1, 0.15) is 15.9 Å². The van der Waals surface area contributed by atoms with E-state index in [0.717, 1.165) is 6.07 Å². The summed E-state index contributed by atoms with van der Waals surface area (Å²) in [6.45, 7) is 0.141. The molecule has 9 nitrogen and oxygen atoms in total. The van der Waals surface area contributed by atoms with Crippen LogP contribution in [0.3, 0.4) is 0 Å². The first-order chi connectivity index (χ1) is 12.2. The van der Waals surface area contributed by atoms with Gasteiger partial charge in [-0.2, -0.15) is 0 Å². The highest BCUT2D eigenvalue weighted by atomic mass is 35.5. The maximum Gasteiger partial charge on any atom is 0.340 e. The molecule has 0 aromatic heterocycles. The highest BCUT2D eigenvalue weighted by Crippen LogP contribution is 2.29. The van der Waals surface area contributed by atoms with Crippen LogP contribution in [-0.4, -0.2) is 30.0 Å². The fraction of sp³-hybridized carbons (Fsp3) is 0.188. The van der Waals surface area contributed by atoms with Crippen LogP contribution in [0.5, 0.6) is 0 Å². The second-order valence-corrected chi connectivity index (χ2v) is 5.75. The number of benzene rings is 2. The molecule has 0 saturated heterocycles. The van der Waals surface area contributed by atoms with Crippen molar-refractivity contribution < 1.29 is 19.4 Å². The Kier molecular flexibility index (Phi) is 5.73. The van der Waals surface area contributed by atoms with Crippen molar-refractivity contribution in [1.29, 1.82) is 0 Å². The van der Waals surface area contributed by atoms with E-state index in [-0.39, 0.29) is 23.5 Å². The second-order valence-electron chi connectivity index (χ2n) is 5.34. The molecule has 0 N–H and O–H groups in total. The first kappa shape index (κ1) is 19.1. The monoisotopic (exact) mass is 379 g/mol. The van der Waals surface area contributed by atoms with Crippen molar-refractivity contribution in [3.8, 4) is 0 Å². The van der Waals surface area contributed by atoms with Crippen molar-refractivity contribution in [1.82, 2.24) is 0 Å². The topological polar surface area (TPSA) is 116 Å². The maximum atomic E-state index is 12.0. The van der Waals surface area contributed by atoms with E-state index in [0.29, 0.717) is 16.3 Å². The molecule has 2 rings (SSSR count). The Morgan fingerprint density at radius 1 is 1.12 bits per heavy atom. The van der Waals surface area contributed by atoms with Gasteiger partial charge in [0.2, 0.25) is 0 Å². The van der Waals surface area contributed by atoms with Gasteiger partial charge in [-0.05, 0) is 17.7 Å². The van der Waals surface area contributed by atoms with Crippen molar-refractivity contribution in [2.24, 2.45) is 0 Å². The predicted octanol–water partition coefficient (Wildman–Crippen LogP) is 3.58. The Hall–Kier alpha value is -3.20. The average molecular weight is 380 g/mol. The second kappa shape index (κ2) is 7.79. The lowest BCUT2D eigenvalue weighted by atomic mass is 10.1. The van der Waals surface area contributed by atoms with Gasteiger partial charge in [0.25, 0.3) is 11.4 Å². The normalized spacial score (nSPS) is 10.3. The molecule has 2 aromatic rings. The van der Waals surface area contributed by atoms with Crippen molar-refractivity contribution in [3.63, 3.8) is 0 Å². The molecule has 0 amide bonds. The summed E-state index contributed by atoms with van der Waals surface area (Å²) in [6, 6.07) is 7.83. The van der Waals surface area contributed by atoms with Gasteiger partial charge in [-0.15, -0.1) is 0 Å². The van der Waals surface area contributed by atoms with E-state index >= 15 is 0 Å². The van der Waals surface area contributed by atoms with Crippen LogP contribution in [0.2, 0.25) is 5.02 Å². The minimum Gasteiger partial charge on any atom is -0.465 e. The summed E-state index contributed by atoms with van der Waals surface area (Å²) >= 11 is 6.10. The lowest BCUT2D eigenvalue weighted by Gasteiger charge is -2.22. The lowest BCUT2D eigenvalue weighted by molar-refractivity contribution is -0.385. The van der Waals surface area contributed by atoms with Crippen LogP contribution in [0.15, 0.2) is 36.4 Å². The lowest BCUT2D eigenvalue weighted by Crippen LogP contribution is -2.20. The fourth-order valence-corrected chi connectivity index (χ4v) is 2.56. The number of esters is 1. The fourth-order valence-electron chi connectivity index (χ4n) is 2.38. The number of nitro benzene ring substituents is 2. The molecule has 0 atom stereocenters. The number of hydrogen-bond donors (Lipinski definition) is 0. The summed E-state index contributed by atoms with van der Waals surface area (Å²) in [6.07, 6.45) is 0. The van der Waals surface area contributed by atoms with Crippen LogP contribution in [0.4, 0.5) is 17.1 Å². The van der Waals surface area contributed by atoms with E-state index in [9.17, 15) is 25.0 Å². The molecule has 0 fully saturated rings. The van der Waals surface area contributed by atoms with E-state index in [4.69, 9.17) is 11.6 Å². The van der Waals surface area contributed by atoms with E-state index in [1.54, 1.807) is 11.9 Å². The van der Waals surface area contributed by atoms with Crippen LogP contribution >= 0.6 is 11.6 Å². The maximum absolute atomic E-state index is 12.0. The third kappa shape index (κ3) is 4.06. The van der Waals surface area contributed by atoms with Gasteiger partial charge in [0.1, 0.15) is 0 Å². The quantitative estimate of drug-likeness (QED) is 0.427. The molecule has 0 aliphatic carbocycles. The molecule has 26 heavy (non-hydrogen) atoms. The van der Waals surface area contributed by atoms with Gasteiger partial charge < -0.3 is 9.64 Å². The molecule has 0 aliphatic heterocycles. The van der Waals surface area contributed by atoms with Crippen molar-refractivity contribution in [2.45, 2.75) is 6.54 Å². The molecule has 0 unspecified atom stereocenters. The Labute approximate surface area is 153 Å². The molecule has 0 heterocycles. The zero-order chi connectivity index (χ0) is 19.4. The highest BCUT2D eigenvalue weighted by Gasteiger charge is 2.20. The smallest absolute Gasteiger partial charge is 0.340 e. The van der Waals surface area contributed by atoms with E-state index in [1.807, 2.05) is 0 Å². The number of anilines is 1. The zero-order valence-electron chi connectivity index (χ0n) is 13.8. The molecular weight excluding hydrogens is 366 g/mol. The zero-order valence-corrected chi connectivity index (χ0v) is 14.6. The van der Waals surface area contributed by atoms with Crippen molar-refractivity contribution >= 4 is 34.6 Å². The first-order valence-electron chi connectivity index (χ1n) is 7.25. The Balaban J connectivity index is 2.42. The molecule has 10 heteroatoms. The van der Waals surface area contributed by atoms with Gasteiger partial charge >= 0.3 is 5.97 Å². The van der Waals surface area contributed by atoms with Crippen LogP contribution in [0.25, 0.3) is 0 Å². The van der Waals surface area contributed by atoms with Crippen molar-refractivity contribution in [3.05, 3.63) is 72.8 Å². The summed E-state index contributed by atoms with van der Waals surface area (Å²) in [5.41, 5.74) is 0.471. The number of nitro groups is 2. The average Bonchev–Trinajstić information content (AvgIpc) is 2.61. The number of non-ortho nitro benzene ring substituents is 2. The molecule has 0 aliphatic rings. The van der Waals surface area contributed by atoms with Crippen molar-refractivity contribution in [2.75, 3.05) is 19.1 Å². The minimum absolute atomic E-state index is 0.00533. The van der Waals surface area contributed by atoms with E-state index in [2.05, 4.69) is 4.74 Å². The number of rotatable bonds is 6. The minimum atomic E-state index is -0.735. The molecule has 2 aromatic carbocycles. The number of ether oxygens (including phenoxy) is 1. The summed E-state index contributed by atoms with van der Waals surface area (Å²) in [5.74, 6) is -0.735. The Morgan fingerprint density at radius 2 is 1.69 bits per heavy atom. The third-order valence-corrected chi connectivity index (χ3v) is 4.02. The van der Waals surface area contributed by atoms with Gasteiger partial charge in [-0.3, -0.25) is 20.2 Å². The Bertz CT molecular complexity index is 886. The number of nitrogens with zero attached hydrogens (tertiary/aromatic N) is 3. The standard InChI is InChI=1S/C16H14ClN3O6/c1-18(9-10-7-11(19(22)23)3-5-14(10)17)15-6-4-12(20(24)25)8-13(15)16(21)26-2/h3-8H,9H2,1-2H3. The molecule has 0 saturated carbocycles. The number of carbonyl (C=O) groups is 1. The first-order valence-corrected chi connectivity index (χ1v) is 7.63. The van der Waals surface area contributed by atoms with E-state index < -0.39 is 15.8 Å². The summed E-state index contributed by atoms with van der Waals surface area (Å²) in [7, 11) is 2.80. The Morgan fingerprint density at radius 3 is 2.27 bits per heavy atom. The largest absolute Gasteiger partial charge is 0.465 e. The molecule has 136 valence electrons. The molecule has 0 bridgehead atoms. The van der Waals surface area contributed by atoms with Gasteiger partial charge in [0.05, 0.1) is 28.2 Å². The summed E-state index contributed by atoms with van der Waals surface area (Å²) in [5, 5.41) is 22.2. The van der Waals surface area contributed by atoms with Gasteiger partial charge in [0.15, 0.2) is 0 Å². The van der Waals surface area contributed by atoms with Gasteiger partial charge in [0, 0.05) is 42.9 Å². The molecule has 0 radical (unpaired) electrons. The van der Waals surface area contributed by atoms with Crippen LogP contribution in [0, 0.1) is 20.2 Å². The predicted molar refractivity (Wildman–Crippen MR) is 94.6 cm³/mol.